The van der Waals surface area contributed by atoms with Crippen molar-refractivity contribution in [3.63, 3.8) is 0 Å². The third-order valence-corrected chi connectivity index (χ3v) is 4.87. The number of nitro benzene ring substituents is 1. The molecule has 0 radical (unpaired) electrons. The summed E-state index contributed by atoms with van der Waals surface area (Å²) in [5.74, 6) is -0.392. The average molecular weight is 381 g/mol. The Labute approximate surface area is 163 Å². The first-order chi connectivity index (χ1) is 13.1. The zero-order valence-electron chi connectivity index (χ0n) is 16.4. The number of hydrogen-bond donors (Lipinski definition) is 1. The molecule has 1 N–H and O–H groups in total. The molecular weight excluding hydrogens is 358 g/mol. The third kappa shape index (κ3) is 3.60. The van der Waals surface area contributed by atoms with Gasteiger partial charge in [-0.25, -0.2) is 0 Å². The van der Waals surface area contributed by atoms with Crippen molar-refractivity contribution in [3.8, 4) is 0 Å². The summed E-state index contributed by atoms with van der Waals surface area (Å²) < 4.78 is 0. The van der Waals surface area contributed by atoms with Crippen LogP contribution in [-0.4, -0.2) is 23.3 Å². The number of carbonyl (C=O) groups excluding carboxylic acids is 2. The number of rotatable bonds is 3. The van der Waals surface area contributed by atoms with Crippen LogP contribution in [0.3, 0.4) is 0 Å². The van der Waals surface area contributed by atoms with Crippen molar-refractivity contribution >= 4 is 28.9 Å². The Hall–Kier alpha value is -3.22. The van der Waals surface area contributed by atoms with E-state index in [9.17, 15) is 19.7 Å². The molecule has 2 aromatic carbocycles. The number of nitrogens with one attached hydrogen (secondary N) is 1. The maximum Gasteiger partial charge on any atom is 0.273 e. The van der Waals surface area contributed by atoms with Gasteiger partial charge >= 0.3 is 0 Å². The largest absolute Gasteiger partial charge is 0.322 e. The second kappa shape index (κ2) is 7.07. The fraction of sp³-hybridized carbons (Fsp3) is 0.333. The van der Waals surface area contributed by atoms with Crippen LogP contribution in [0.4, 0.5) is 17.1 Å². The topological polar surface area (TPSA) is 92.6 Å². The number of benzene rings is 2. The van der Waals surface area contributed by atoms with Crippen molar-refractivity contribution in [2.45, 2.75) is 34.1 Å². The predicted octanol–water partition coefficient (Wildman–Crippen LogP) is 4.09. The Kier molecular flexibility index (Phi) is 4.93. The highest BCUT2D eigenvalue weighted by molar-refractivity contribution is 6.06. The van der Waals surface area contributed by atoms with E-state index in [0.717, 1.165) is 17.7 Å². The van der Waals surface area contributed by atoms with Gasteiger partial charge in [0.15, 0.2) is 0 Å². The monoisotopic (exact) mass is 381 g/mol. The summed E-state index contributed by atoms with van der Waals surface area (Å²) in [7, 11) is 0. The molecule has 3 rings (SSSR count). The lowest BCUT2D eigenvalue weighted by Gasteiger charge is -2.26. The Balaban J connectivity index is 1.88. The lowest BCUT2D eigenvalue weighted by atomic mass is 9.94. The summed E-state index contributed by atoms with van der Waals surface area (Å²) in [6, 6.07) is 9.90. The number of hydrogen-bond acceptors (Lipinski definition) is 4. The molecular formula is C21H23N3O4. The van der Waals surface area contributed by atoms with Crippen LogP contribution < -0.4 is 10.2 Å². The number of nitrogens with zero attached hydrogens (tertiary/aromatic N) is 2. The number of fused-ring (bicyclic) bond motifs is 1. The average Bonchev–Trinajstić information content (AvgIpc) is 3.03. The van der Waals surface area contributed by atoms with E-state index >= 15 is 0 Å². The molecule has 7 nitrogen and oxygen atoms in total. The molecule has 0 bridgehead atoms. The lowest BCUT2D eigenvalue weighted by molar-refractivity contribution is -0.385. The summed E-state index contributed by atoms with van der Waals surface area (Å²) in [6.45, 7) is 7.81. The molecule has 0 saturated heterocycles. The van der Waals surface area contributed by atoms with Crippen LogP contribution in [0.2, 0.25) is 0 Å². The zero-order valence-corrected chi connectivity index (χ0v) is 16.4. The first-order valence-electron chi connectivity index (χ1n) is 9.10. The molecule has 2 amide bonds. The standard InChI is InChI=1S/C21H23N3O4/c1-13-16(6-5-7-17(13)24(27)28)19(25)22-15-9-8-14-10-11-23(18(14)12-15)20(26)21(2,3)4/h5-9,12H,10-11H2,1-4H3,(H,22,25). The van der Waals surface area contributed by atoms with E-state index in [1.165, 1.54) is 12.1 Å². The van der Waals surface area contributed by atoms with Gasteiger partial charge in [-0.1, -0.05) is 32.9 Å². The molecule has 0 saturated carbocycles. The van der Waals surface area contributed by atoms with Gasteiger partial charge in [0.1, 0.15) is 0 Å². The van der Waals surface area contributed by atoms with Gasteiger partial charge in [-0.2, -0.15) is 0 Å². The summed E-state index contributed by atoms with van der Waals surface area (Å²) >= 11 is 0. The van der Waals surface area contributed by atoms with E-state index in [0.29, 0.717) is 17.8 Å². The highest BCUT2D eigenvalue weighted by Crippen LogP contribution is 2.34. The van der Waals surface area contributed by atoms with Gasteiger partial charge in [-0.05, 0) is 37.1 Å². The first-order valence-corrected chi connectivity index (χ1v) is 9.10. The fourth-order valence-corrected chi connectivity index (χ4v) is 3.34. The minimum Gasteiger partial charge on any atom is -0.322 e. The van der Waals surface area contributed by atoms with Gasteiger partial charge in [0, 0.05) is 40.5 Å². The zero-order chi connectivity index (χ0) is 20.6. The van der Waals surface area contributed by atoms with Gasteiger partial charge in [-0.3, -0.25) is 19.7 Å². The van der Waals surface area contributed by atoms with Crippen LogP contribution >= 0.6 is 0 Å². The summed E-state index contributed by atoms with van der Waals surface area (Å²) in [5.41, 5.74) is 2.37. The lowest BCUT2D eigenvalue weighted by Crippen LogP contribution is -2.38. The number of amides is 2. The highest BCUT2D eigenvalue weighted by Gasteiger charge is 2.32. The number of nitro groups is 1. The molecule has 1 aliphatic heterocycles. The van der Waals surface area contributed by atoms with Crippen molar-refractivity contribution in [2.75, 3.05) is 16.8 Å². The van der Waals surface area contributed by atoms with Crippen LogP contribution in [-0.2, 0) is 11.2 Å². The Morgan fingerprint density at radius 2 is 1.89 bits per heavy atom. The van der Waals surface area contributed by atoms with Crippen molar-refractivity contribution in [2.24, 2.45) is 5.41 Å². The van der Waals surface area contributed by atoms with E-state index in [-0.39, 0.29) is 17.2 Å². The van der Waals surface area contributed by atoms with Crippen LogP contribution in [0, 0.1) is 22.5 Å². The van der Waals surface area contributed by atoms with Crippen molar-refractivity contribution in [3.05, 3.63) is 63.2 Å². The molecule has 0 aromatic heterocycles. The molecule has 1 aliphatic rings. The van der Waals surface area contributed by atoms with Crippen LogP contribution in [0.25, 0.3) is 0 Å². The fourth-order valence-electron chi connectivity index (χ4n) is 3.34. The molecule has 0 unspecified atom stereocenters. The minimum atomic E-state index is -0.502. The molecule has 0 fully saturated rings. The Morgan fingerprint density at radius 1 is 1.18 bits per heavy atom. The maximum atomic E-state index is 12.7. The van der Waals surface area contributed by atoms with Gasteiger partial charge in [0.25, 0.3) is 11.6 Å². The second-order valence-corrected chi connectivity index (χ2v) is 7.96. The van der Waals surface area contributed by atoms with Crippen molar-refractivity contribution < 1.29 is 14.5 Å². The van der Waals surface area contributed by atoms with E-state index < -0.39 is 16.2 Å². The van der Waals surface area contributed by atoms with E-state index in [2.05, 4.69) is 5.32 Å². The molecule has 0 aliphatic carbocycles. The van der Waals surface area contributed by atoms with Gasteiger partial charge in [0.2, 0.25) is 5.91 Å². The highest BCUT2D eigenvalue weighted by atomic mass is 16.6. The SMILES string of the molecule is Cc1c(C(=O)Nc2ccc3c(c2)N(C(=O)C(C)(C)C)CC3)cccc1[N+](=O)[O-]. The molecule has 2 aromatic rings. The van der Waals surface area contributed by atoms with Crippen LogP contribution in [0.5, 0.6) is 0 Å². The quantitative estimate of drug-likeness (QED) is 0.640. The van der Waals surface area contributed by atoms with E-state index in [1.54, 1.807) is 30.0 Å². The number of carbonyl (C=O) groups is 2. The maximum absolute atomic E-state index is 12.7. The molecule has 146 valence electrons. The van der Waals surface area contributed by atoms with Gasteiger partial charge < -0.3 is 10.2 Å². The van der Waals surface area contributed by atoms with Crippen LogP contribution in [0.1, 0.15) is 42.3 Å². The second-order valence-electron chi connectivity index (χ2n) is 7.96. The Morgan fingerprint density at radius 3 is 2.54 bits per heavy atom. The smallest absolute Gasteiger partial charge is 0.273 e. The molecule has 7 heteroatoms. The Bertz CT molecular complexity index is 976. The van der Waals surface area contributed by atoms with E-state index in [4.69, 9.17) is 0 Å². The van der Waals surface area contributed by atoms with Gasteiger partial charge in [0.05, 0.1) is 4.92 Å². The third-order valence-electron chi connectivity index (χ3n) is 4.87. The summed E-state index contributed by atoms with van der Waals surface area (Å²) in [5, 5.41) is 13.9. The van der Waals surface area contributed by atoms with Crippen LogP contribution in [0.15, 0.2) is 36.4 Å². The molecule has 0 atom stereocenters. The molecule has 28 heavy (non-hydrogen) atoms. The predicted molar refractivity (Wildman–Crippen MR) is 108 cm³/mol. The van der Waals surface area contributed by atoms with Crippen molar-refractivity contribution in [1.82, 2.24) is 0 Å². The molecule has 1 heterocycles. The van der Waals surface area contributed by atoms with Crippen molar-refractivity contribution in [1.29, 1.82) is 0 Å². The minimum absolute atomic E-state index is 0.0317. The molecule has 0 spiro atoms. The summed E-state index contributed by atoms with van der Waals surface area (Å²) in [4.78, 5) is 37.7. The van der Waals surface area contributed by atoms with Gasteiger partial charge in [-0.15, -0.1) is 0 Å². The summed E-state index contributed by atoms with van der Waals surface area (Å²) in [6.07, 6.45) is 0.773. The normalized spacial score (nSPS) is 13.2. The first kappa shape index (κ1) is 19.5. The van der Waals surface area contributed by atoms with E-state index in [1.807, 2.05) is 26.8 Å². The number of anilines is 2.